The smallest absolute Gasteiger partial charge is 0.281 e. The molecule has 0 saturated carbocycles. The van der Waals surface area contributed by atoms with Gasteiger partial charge in [-0.3, -0.25) is 4.79 Å². The number of carbonyl (C=O) groups excluding carboxylic acids is 1. The van der Waals surface area contributed by atoms with Crippen LogP contribution in [0.25, 0.3) is 0 Å². The lowest BCUT2D eigenvalue weighted by Gasteiger charge is -2.27. The number of hydrogen-bond donors (Lipinski definition) is 2. The molecule has 0 aromatic heterocycles. The molecule has 0 atom stereocenters. The van der Waals surface area contributed by atoms with E-state index in [-0.39, 0.29) is 0 Å². The van der Waals surface area contributed by atoms with Crippen molar-refractivity contribution in [3.63, 3.8) is 0 Å². The molecule has 0 spiro atoms. The molecule has 6 heteroatoms. The largest absolute Gasteiger partial charge is 0.490 e. The molecule has 0 aliphatic carbocycles. The Hall–Kier alpha value is -4.42. The van der Waals surface area contributed by atoms with Gasteiger partial charge in [-0.15, -0.1) is 0 Å². The molecule has 1 amide bonds. The van der Waals surface area contributed by atoms with Gasteiger partial charge in [0.25, 0.3) is 5.91 Å². The second kappa shape index (κ2) is 11.8. The van der Waals surface area contributed by atoms with Crippen molar-refractivity contribution in [2.24, 2.45) is 5.10 Å². The molecule has 0 unspecified atom stereocenters. The van der Waals surface area contributed by atoms with E-state index in [1.54, 1.807) is 60.7 Å². The third-order valence-corrected chi connectivity index (χ3v) is 5.60. The van der Waals surface area contributed by atoms with Gasteiger partial charge in [-0.1, -0.05) is 91.0 Å². The van der Waals surface area contributed by atoms with Crippen molar-refractivity contribution in [3.05, 3.63) is 131 Å². The lowest BCUT2D eigenvalue weighted by molar-refractivity contribution is -0.136. The van der Waals surface area contributed by atoms with Crippen LogP contribution in [0.1, 0.15) is 29.2 Å². The van der Waals surface area contributed by atoms with E-state index in [0.29, 0.717) is 41.4 Å². The molecule has 0 saturated heterocycles. The van der Waals surface area contributed by atoms with Crippen LogP contribution in [0.5, 0.6) is 11.5 Å². The average molecular weight is 481 g/mol. The topological polar surface area (TPSA) is 80.2 Å². The molecule has 4 aromatic rings. The summed E-state index contributed by atoms with van der Waals surface area (Å²) in [5.74, 6) is 0.530. The van der Waals surface area contributed by atoms with Crippen LogP contribution in [0.15, 0.2) is 114 Å². The van der Waals surface area contributed by atoms with Crippen molar-refractivity contribution >= 4 is 12.1 Å². The van der Waals surface area contributed by atoms with Crippen molar-refractivity contribution in [1.82, 2.24) is 5.43 Å². The maximum Gasteiger partial charge on any atom is 0.281 e. The van der Waals surface area contributed by atoms with Crippen molar-refractivity contribution in [2.45, 2.75) is 19.1 Å². The van der Waals surface area contributed by atoms with E-state index in [2.05, 4.69) is 10.5 Å². The molecule has 2 N–H and O–H groups in total. The quantitative estimate of drug-likeness (QED) is 0.246. The first-order valence-electron chi connectivity index (χ1n) is 11.7. The number of aliphatic hydroxyl groups is 1. The molecule has 0 radical (unpaired) electrons. The van der Waals surface area contributed by atoms with Gasteiger partial charge in [-0.05, 0) is 47.4 Å². The summed E-state index contributed by atoms with van der Waals surface area (Å²) in [6.45, 7) is 2.79. The van der Waals surface area contributed by atoms with Crippen LogP contribution in [-0.2, 0) is 17.0 Å². The number of amides is 1. The third-order valence-electron chi connectivity index (χ3n) is 5.60. The van der Waals surface area contributed by atoms with Crippen molar-refractivity contribution in [2.75, 3.05) is 6.61 Å². The summed E-state index contributed by atoms with van der Waals surface area (Å²) in [4.78, 5) is 13.2. The molecule has 0 fully saturated rings. The van der Waals surface area contributed by atoms with Crippen LogP contribution >= 0.6 is 0 Å². The second-order valence-electron chi connectivity index (χ2n) is 8.06. The lowest BCUT2D eigenvalue weighted by Crippen LogP contribution is -2.43. The molecule has 0 aliphatic rings. The van der Waals surface area contributed by atoms with E-state index in [1.165, 1.54) is 6.21 Å². The summed E-state index contributed by atoms with van der Waals surface area (Å²) < 4.78 is 11.7. The third kappa shape index (κ3) is 5.79. The molecule has 0 aliphatic heterocycles. The van der Waals surface area contributed by atoms with Gasteiger partial charge in [-0.2, -0.15) is 5.10 Å². The predicted molar refractivity (Wildman–Crippen MR) is 140 cm³/mol. The fourth-order valence-corrected chi connectivity index (χ4v) is 3.76. The molecule has 4 rings (SSSR count). The van der Waals surface area contributed by atoms with Crippen LogP contribution in [-0.4, -0.2) is 23.8 Å². The first kappa shape index (κ1) is 24.7. The molecule has 182 valence electrons. The minimum absolute atomic E-state index is 0.419. The Morgan fingerprint density at radius 1 is 0.833 bits per heavy atom. The predicted octanol–water partition coefficient (Wildman–Crippen LogP) is 5.05. The zero-order valence-corrected chi connectivity index (χ0v) is 20.0. The van der Waals surface area contributed by atoms with Crippen LogP contribution in [0.3, 0.4) is 0 Å². The van der Waals surface area contributed by atoms with Crippen LogP contribution in [0, 0.1) is 0 Å². The van der Waals surface area contributed by atoms with E-state index in [1.807, 2.05) is 55.5 Å². The molecule has 36 heavy (non-hydrogen) atoms. The van der Waals surface area contributed by atoms with E-state index in [0.717, 1.165) is 5.56 Å². The van der Waals surface area contributed by atoms with Crippen LogP contribution in [0.2, 0.25) is 0 Å². The highest BCUT2D eigenvalue weighted by atomic mass is 16.5. The highest BCUT2D eigenvalue weighted by molar-refractivity contribution is 5.91. The Balaban J connectivity index is 1.50. The van der Waals surface area contributed by atoms with Crippen molar-refractivity contribution < 1.29 is 19.4 Å². The van der Waals surface area contributed by atoms with Crippen molar-refractivity contribution in [3.8, 4) is 11.5 Å². The number of carbonyl (C=O) groups is 1. The number of hydrazone groups is 1. The summed E-state index contributed by atoms with van der Waals surface area (Å²) in [6.07, 6.45) is 1.50. The highest BCUT2D eigenvalue weighted by Crippen LogP contribution is 2.30. The summed E-state index contributed by atoms with van der Waals surface area (Å²) in [6, 6.07) is 32.9. The molecule has 0 heterocycles. The van der Waals surface area contributed by atoms with E-state index < -0.39 is 11.5 Å². The van der Waals surface area contributed by atoms with E-state index in [9.17, 15) is 9.90 Å². The van der Waals surface area contributed by atoms with Gasteiger partial charge in [0.2, 0.25) is 0 Å². The summed E-state index contributed by atoms with van der Waals surface area (Å²) in [5.41, 5.74) is 3.24. The maximum absolute atomic E-state index is 13.2. The normalized spacial score (nSPS) is 11.3. The Kier molecular flexibility index (Phi) is 8.11. The molecular weight excluding hydrogens is 452 g/mol. The summed E-state index contributed by atoms with van der Waals surface area (Å²) in [5, 5.41) is 15.6. The first-order valence-corrected chi connectivity index (χ1v) is 11.7. The number of hydrogen-bond acceptors (Lipinski definition) is 5. The van der Waals surface area contributed by atoms with Gasteiger partial charge >= 0.3 is 0 Å². The Labute approximate surface area is 210 Å². The number of nitrogens with zero attached hydrogens (tertiary/aromatic N) is 1. The van der Waals surface area contributed by atoms with Gasteiger partial charge in [0.15, 0.2) is 17.1 Å². The van der Waals surface area contributed by atoms with E-state index in [4.69, 9.17) is 9.47 Å². The molecule has 4 aromatic carbocycles. The monoisotopic (exact) mass is 480 g/mol. The van der Waals surface area contributed by atoms with Gasteiger partial charge in [-0.25, -0.2) is 5.43 Å². The zero-order chi connectivity index (χ0) is 25.2. The Morgan fingerprint density at radius 2 is 1.42 bits per heavy atom. The van der Waals surface area contributed by atoms with Crippen molar-refractivity contribution in [1.29, 1.82) is 0 Å². The number of rotatable bonds is 10. The van der Waals surface area contributed by atoms with Gasteiger partial charge in [0, 0.05) is 0 Å². The maximum atomic E-state index is 13.2. The minimum atomic E-state index is -1.90. The van der Waals surface area contributed by atoms with Crippen LogP contribution in [0.4, 0.5) is 0 Å². The number of ether oxygens (including phenoxy) is 2. The molecule has 6 nitrogen and oxygen atoms in total. The zero-order valence-electron chi connectivity index (χ0n) is 20.0. The highest BCUT2D eigenvalue weighted by Gasteiger charge is 2.39. The lowest BCUT2D eigenvalue weighted by atomic mass is 9.85. The SMILES string of the molecule is CCOc1cc(/C=N/NC(=O)C(O)(c2ccccc2)c2ccccc2)ccc1OCc1ccccc1. The summed E-state index contributed by atoms with van der Waals surface area (Å²) >= 11 is 0. The number of benzene rings is 4. The Morgan fingerprint density at radius 3 is 2.00 bits per heavy atom. The summed E-state index contributed by atoms with van der Waals surface area (Å²) in [7, 11) is 0. The van der Waals surface area contributed by atoms with Crippen LogP contribution < -0.4 is 14.9 Å². The second-order valence-corrected chi connectivity index (χ2v) is 8.06. The fraction of sp³-hybridized carbons (Fsp3) is 0.133. The standard InChI is InChI=1S/C30H28N2O4/c1-2-35-28-20-24(18-19-27(28)36-22-23-12-6-3-7-13-23)21-31-32-29(33)30(34,25-14-8-4-9-15-25)26-16-10-5-11-17-26/h3-21,34H,2,22H2,1H3,(H,32,33)/b31-21+. The van der Waals surface area contributed by atoms with E-state index >= 15 is 0 Å². The average Bonchev–Trinajstić information content (AvgIpc) is 2.94. The van der Waals surface area contributed by atoms with Gasteiger partial charge in [0.05, 0.1) is 12.8 Å². The Bertz CT molecular complexity index is 1250. The van der Waals surface area contributed by atoms with Gasteiger partial charge in [0.1, 0.15) is 6.61 Å². The first-order chi connectivity index (χ1) is 17.6. The fourth-order valence-electron chi connectivity index (χ4n) is 3.76. The minimum Gasteiger partial charge on any atom is -0.490 e. The molecular formula is C30H28N2O4. The molecule has 0 bridgehead atoms. The number of nitrogens with one attached hydrogen (secondary N) is 1. The van der Waals surface area contributed by atoms with Gasteiger partial charge < -0.3 is 14.6 Å².